The molecule has 0 saturated carbocycles. The van der Waals surface area contributed by atoms with Crippen molar-refractivity contribution in [1.29, 1.82) is 0 Å². The SMILES string of the molecule is NS(=O)(=O)c1cc(C(=O)O)c(NCc2ccco2)cc1Cl.[CsH]. The molecule has 0 amide bonds. The Labute approximate surface area is 190 Å². The minimum absolute atomic E-state index is 0. The van der Waals surface area contributed by atoms with E-state index in [4.69, 9.17) is 26.3 Å². The summed E-state index contributed by atoms with van der Waals surface area (Å²) >= 11 is 5.84. The van der Waals surface area contributed by atoms with Crippen LogP contribution in [0.15, 0.2) is 39.8 Å². The van der Waals surface area contributed by atoms with Gasteiger partial charge in [-0.05, 0) is 24.3 Å². The summed E-state index contributed by atoms with van der Waals surface area (Å²) in [5, 5.41) is 16.8. The molecule has 0 aliphatic rings. The predicted molar refractivity (Wildman–Crippen MR) is 83.0 cm³/mol. The zero-order chi connectivity index (χ0) is 15.6. The molecular weight excluding hydrogens is 453 g/mol. The van der Waals surface area contributed by atoms with Gasteiger partial charge in [-0.25, -0.2) is 18.4 Å². The van der Waals surface area contributed by atoms with Crippen molar-refractivity contribution in [3.8, 4) is 0 Å². The van der Waals surface area contributed by atoms with E-state index in [0.717, 1.165) is 6.07 Å². The molecule has 2 aromatic rings. The number of aromatic carboxylic acids is 1. The van der Waals surface area contributed by atoms with Crippen LogP contribution in [0.5, 0.6) is 0 Å². The zero-order valence-electron chi connectivity index (χ0n) is 10.5. The minimum atomic E-state index is -4.11. The van der Waals surface area contributed by atoms with E-state index in [1.54, 1.807) is 12.1 Å². The second-order valence-electron chi connectivity index (χ2n) is 4.11. The van der Waals surface area contributed by atoms with Crippen molar-refractivity contribution in [3.05, 3.63) is 46.9 Å². The fraction of sp³-hybridized carbons (Fsp3) is 0.0833. The molecule has 0 radical (unpaired) electrons. The van der Waals surface area contributed by atoms with Gasteiger partial charge in [-0.1, -0.05) is 11.6 Å². The number of carboxylic acids is 1. The molecule has 7 nitrogen and oxygen atoms in total. The van der Waals surface area contributed by atoms with Gasteiger partial charge in [0.1, 0.15) is 10.7 Å². The van der Waals surface area contributed by atoms with Crippen LogP contribution in [0.25, 0.3) is 0 Å². The topological polar surface area (TPSA) is 123 Å². The third-order valence-electron chi connectivity index (χ3n) is 2.64. The van der Waals surface area contributed by atoms with Gasteiger partial charge < -0.3 is 14.8 Å². The molecule has 114 valence electrons. The van der Waals surface area contributed by atoms with E-state index >= 15 is 0 Å². The quantitative estimate of drug-likeness (QED) is 0.612. The molecule has 0 fully saturated rings. The van der Waals surface area contributed by atoms with E-state index < -0.39 is 20.9 Å². The normalized spacial score (nSPS) is 10.8. The van der Waals surface area contributed by atoms with Gasteiger partial charge in [0.25, 0.3) is 0 Å². The van der Waals surface area contributed by atoms with Crippen molar-refractivity contribution in [2.45, 2.75) is 11.4 Å². The Balaban J connectivity index is 0.00000242. The number of rotatable bonds is 5. The molecule has 1 heterocycles. The molecule has 22 heavy (non-hydrogen) atoms. The molecule has 4 N–H and O–H groups in total. The van der Waals surface area contributed by atoms with Crippen LogP contribution in [0.1, 0.15) is 16.1 Å². The van der Waals surface area contributed by atoms with Crippen LogP contribution >= 0.6 is 11.6 Å². The first-order valence-electron chi connectivity index (χ1n) is 5.65. The van der Waals surface area contributed by atoms with Gasteiger partial charge in [0.15, 0.2) is 0 Å². The average molecular weight is 465 g/mol. The number of carbonyl (C=O) groups is 1. The summed E-state index contributed by atoms with van der Waals surface area (Å²) < 4.78 is 27.8. The number of hydrogen-bond donors (Lipinski definition) is 3. The first-order chi connectivity index (χ1) is 9.79. The molecule has 10 heteroatoms. The Morgan fingerprint density at radius 2 is 2.09 bits per heavy atom. The number of hydrogen-bond acceptors (Lipinski definition) is 5. The molecule has 2 rings (SSSR count). The zero-order valence-corrected chi connectivity index (χ0v) is 12.1. The Hall–Kier alpha value is 0.0219. The van der Waals surface area contributed by atoms with Gasteiger partial charge >= 0.3 is 74.9 Å². The third-order valence-corrected chi connectivity index (χ3v) is 4.02. The summed E-state index contributed by atoms with van der Waals surface area (Å²) in [5.74, 6) is -0.725. The van der Waals surface area contributed by atoms with Crippen molar-refractivity contribution in [3.63, 3.8) is 0 Å². The van der Waals surface area contributed by atoms with Crippen molar-refractivity contribution in [2.24, 2.45) is 5.14 Å². The van der Waals surface area contributed by atoms with Gasteiger partial charge in [-0.3, -0.25) is 0 Å². The van der Waals surface area contributed by atoms with E-state index in [9.17, 15) is 13.2 Å². The van der Waals surface area contributed by atoms with Crippen LogP contribution < -0.4 is 10.5 Å². The Morgan fingerprint density at radius 1 is 1.41 bits per heavy atom. The summed E-state index contributed by atoms with van der Waals surface area (Å²) in [6.07, 6.45) is 1.48. The molecule has 1 aromatic carbocycles. The molecule has 0 spiro atoms. The number of anilines is 1. The Bertz CT molecular complexity index is 777. The third kappa shape index (κ3) is 5.01. The summed E-state index contributed by atoms with van der Waals surface area (Å²) in [5.41, 5.74) is -0.0914. The van der Waals surface area contributed by atoms with Crippen LogP contribution in [0.2, 0.25) is 5.02 Å². The second kappa shape index (κ2) is 8.22. The number of sulfonamides is 1. The number of primary sulfonamides is 1. The Morgan fingerprint density at radius 3 is 2.59 bits per heavy atom. The fourth-order valence-electron chi connectivity index (χ4n) is 1.69. The average Bonchev–Trinajstić information content (AvgIpc) is 2.87. The molecule has 0 aliphatic carbocycles. The van der Waals surface area contributed by atoms with Gasteiger partial charge in [0.05, 0.1) is 29.1 Å². The van der Waals surface area contributed by atoms with E-state index in [1.165, 1.54) is 12.3 Å². The van der Waals surface area contributed by atoms with E-state index in [0.29, 0.717) is 5.76 Å². The number of furan rings is 1. The molecular formula is C12H12ClCsN2O5S. The van der Waals surface area contributed by atoms with E-state index in [1.807, 2.05) is 0 Å². The van der Waals surface area contributed by atoms with Crippen molar-refractivity contribution in [1.82, 2.24) is 0 Å². The first-order valence-corrected chi connectivity index (χ1v) is 7.57. The molecule has 0 bridgehead atoms. The second-order valence-corrected chi connectivity index (χ2v) is 6.05. The van der Waals surface area contributed by atoms with Crippen LogP contribution in [0.3, 0.4) is 0 Å². The van der Waals surface area contributed by atoms with Crippen LogP contribution in [-0.2, 0) is 16.6 Å². The van der Waals surface area contributed by atoms with Crippen LogP contribution in [-0.4, -0.2) is 88.4 Å². The van der Waals surface area contributed by atoms with Crippen LogP contribution in [0, 0.1) is 0 Å². The molecule has 1 aromatic heterocycles. The number of benzene rings is 1. The van der Waals surface area contributed by atoms with Crippen LogP contribution in [0.4, 0.5) is 5.69 Å². The summed E-state index contributed by atoms with van der Waals surface area (Å²) in [4.78, 5) is 10.8. The van der Waals surface area contributed by atoms with Gasteiger partial charge in [-0.15, -0.1) is 0 Å². The van der Waals surface area contributed by atoms with Gasteiger partial charge in [0.2, 0.25) is 10.0 Å². The molecule has 0 unspecified atom stereocenters. The molecule has 0 aliphatic heterocycles. The van der Waals surface area contributed by atoms with Crippen molar-refractivity contribution >= 4 is 102 Å². The first kappa shape index (κ1) is 20.1. The summed E-state index contributed by atoms with van der Waals surface area (Å²) in [6, 6.07) is 5.51. The maximum absolute atomic E-state index is 11.3. The number of halogens is 1. The fourth-order valence-corrected chi connectivity index (χ4v) is 2.79. The van der Waals surface area contributed by atoms with Gasteiger partial charge in [-0.2, -0.15) is 0 Å². The van der Waals surface area contributed by atoms with Crippen molar-refractivity contribution < 1.29 is 22.7 Å². The number of nitrogens with two attached hydrogens (primary N) is 1. The molecule has 0 atom stereocenters. The van der Waals surface area contributed by atoms with Gasteiger partial charge in [0, 0.05) is 0 Å². The molecule has 0 saturated heterocycles. The van der Waals surface area contributed by atoms with E-state index in [-0.39, 0.29) is 91.7 Å². The van der Waals surface area contributed by atoms with E-state index in [2.05, 4.69) is 5.32 Å². The maximum atomic E-state index is 11.3. The standard InChI is InChI=1S/C12H11ClN2O5S.Cs.H/c13-9-5-10(15-6-7-2-1-3-20-7)8(12(16)17)4-11(9)21(14,18)19;;/h1-5,15H,6H2,(H,16,17)(H2,14,18,19);;. The van der Waals surface area contributed by atoms with Crippen molar-refractivity contribution in [2.75, 3.05) is 5.32 Å². The summed E-state index contributed by atoms with van der Waals surface area (Å²) in [6.45, 7) is 0.221. The monoisotopic (exact) mass is 464 g/mol. The number of nitrogens with one attached hydrogen (secondary N) is 1. The summed E-state index contributed by atoms with van der Waals surface area (Å²) in [7, 11) is -4.11. The Kier molecular flexibility index (Phi) is 7.50. The predicted octanol–water partition coefficient (Wildman–Crippen LogP) is 1.24. The number of carboxylic acid groups (broad SMARTS) is 1.